The van der Waals surface area contributed by atoms with Gasteiger partial charge in [-0.25, -0.2) is 4.39 Å². The van der Waals surface area contributed by atoms with Crippen molar-refractivity contribution in [2.75, 3.05) is 6.54 Å². The van der Waals surface area contributed by atoms with E-state index in [1.54, 1.807) is 0 Å². The van der Waals surface area contributed by atoms with Gasteiger partial charge in [-0.05, 0) is 11.8 Å². The van der Waals surface area contributed by atoms with E-state index >= 15 is 0 Å². The summed E-state index contributed by atoms with van der Waals surface area (Å²) in [6.45, 7) is 6.95. The number of benzene rings is 1. The van der Waals surface area contributed by atoms with Crippen molar-refractivity contribution in [2.24, 2.45) is 5.41 Å². The molecule has 0 aliphatic rings. The van der Waals surface area contributed by atoms with Crippen LogP contribution in [0.4, 0.5) is 14.5 Å². The molecule has 0 fully saturated rings. The lowest BCUT2D eigenvalue weighted by Gasteiger charge is -2.23. The lowest BCUT2D eigenvalue weighted by molar-refractivity contribution is -0.387. The number of nitrogens with zero attached hydrogens (tertiary/aromatic N) is 1. The Morgan fingerprint density at radius 1 is 1.32 bits per heavy atom. The van der Waals surface area contributed by atoms with Crippen molar-refractivity contribution in [3.63, 3.8) is 0 Å². The van der Waals surface area contributed by atoms with E-state index in [9.17, 15) is 18.9 Å². The number of hydrogen-bond acceptors (Lipinski definition) is 3. The monoisotopic (exact) mass is 272 g/mol. The summed E-state index contributed by atoms with van der Waals surface area (Å²) in [6, 6.07) is 1.50. The molecule has 0 aliphatic carbocycles. The van der Waals surface area contributed by atoms with Crippen molar-refractivity contribution in [2.45, 2.75) is 33.7 Å². The van der Waals surface area contributed by atoms with Gasteiger partial charge in [-0.1, -0.05) is 20.8 Å². The molecule has 0 saturated carbocycles. The molecule has 0 bridgehead atoms. The summed E-state index contributed by atoms with van der Waals surface area (Å²) in [7, 11) is 0. The molecule has 19 heavy (non-hydrogen) atoms. The van der Waals surface area contributed by atoms with Gasteiger partial charge in [0.1, 0.15) is 5.82 Å². The van der Waals surface area contributed by atoms with E-state index in [1.165, 1.54) is 0 Å². The van der Waals surface area contributed by atoms with Crippen LogP contribution in [0.1, 0.15) is 32.8 Å². The van der Waals surface area contributed by atoms with Gasteiger partial charge < -0.3 is 5.32 Å². The number of nitro benzene ring substituents is 1. The van der Waals surface area contributed by atoms with E-state index in [-0.39, 0.29) is 17.5 Å². The molecule has 1 N–H and O–H groups in total. The third kappa shape index (κ3) is 4.24. The van der Waals surface area contributed by atoms with Gasteiger partial charge in [-0.2, -0.15) is 4.39 Å². The molecule has 0 radical (unpaired) electrons. The predicted molar refractivity (Wildman–Crippen MR) is 68.8 cm³/mol. The average molecular weight is 272 g/mol. The molecule has 0 spiro atoms. The fraction of sp³-hybridized carbons (Fsp3) is 0.538. The van der Waals surface area contributed by atoms with Gasteiger partial charge in [0.15, 0.2) is 0 Å². The molecule has 6 heteroatoms. The lowest BCUT2D eigenvalue weighted by Crippen LogP contribution is -2.28. The Hall–Kier alpha value is -1.56. The van der Waals surface area contributed by atoms with Crippen LogP contribution in [0.2, 0.25) is 0 Å². The number of nitrogens with one attached hydrogen (secondary N) is 1. The first-order valence-corrected chi connectivity index (χ1v) is 6.10. The molecule has 0 saturated heterocycles. The quantitative estimate of drug-likeness (QED) is 0.638. The molecule has 0 unspecified atom stereocenters. The van der Waals surface area contributed by atoms with Crippen molar-refractivity contribution in [1.82, 2.24) is 5.32 Å². The summed E-state index contributed by atoms with van der Waals surface area (Å²) in [5.74, 6) is -1.93. The van der Waals surface area contributed by atoms with Crippen LogP contribution in [0.3, 0.4) is 0 Å². The lowest BCUT2D eigenvalue weighted by atomic mass is 9.90. The first kappa shape index (κ1) is 15.5. The zero-order chi connectivity index (χ0) is 14.6. The fourth-order valence-electron chi connectivity index (χ4n) is 1.52. The summed E-state index contributed by atoms with van der Waals surface area (Å²) < 4.78 is 26.6. The average Bonchev–Trinajstić information content (AvgIpc) is 2.31. The van der Waals surface area contributed by atoms with Gasteiger partial charge in [0.2, 0.25) is 5.82 Å². The largest absolute Gasteiger partial charge is 0.312 e. The van der Waals surface area contributed by atoms with Gasteiger partial charge in [0.25, 0.3) is 0 Å². The number of hydrogen-bond donors (Lipinski definition) is 1. The van der Waals surface area contributed by atoms with Crippen molar-refractivity contribution in [3.05, 3.63) is 39.4 Å². The number of halogens is 2. The summed E-state index contributed by atoms with van der Waals surface area (Å²) in [6.07, 6.45) is 0.950. The summed E-state index contributed by atoms with van der Waals surface area (Å²) >= 11 is 0. The molecule has 1 aromatic rings. The Morgan fingerprint density at radius 3 is 2.47 bits per heavy atom. The van der Waals surface area contributed by atoms with Crippen LogP contribution in [0, 0.1) is 27.2 Å². The minimum absolute atomic E-state index is 0.0580. The topological polar surface area (TPSA) is 55.2 Å². The molecule has 0 atom stereocenters. The van der Waals surface area contributed by atoms with Crippen LogP contribution >= 0.6 is 0 Å². The molecule has 1 aromatic carbocycles. The normalized spacial score (nSPS) is 11.6. The predicted octanol–water partition coefficient (Wildman–Crippen LogP) is 3.40. The van der Waals surface area contributed by atoms with Crippen LogP contribution in [0.25, 0.3) is 0 Å². The Balaban J connectivity index is 2.79. The minimum Gasteiger partial charge on any atom is -0.312 e. The highest BCUT2D eigenvalue weighted by molar-refractivity contribution is 5.37. The van der Waals surface area contributed by atoms with Gasteiger partial charge in [0, 0.05) is 30.8 Å². The second-order valence-electron chi connectivity index (χ2n) is 5.27. The third-order valence-electron chi connectivity index (χ3n) is 3.19. The molecule has 0 amide bonds. The second-order valence-corrected chi connectivity index (χ2v) is 5.27. The molecule has 4 nitrogen and oxygen atoms in total. The molecule has 0 heterocycles. The van der Waals surface area contributed by atoms with Gasteiger partial charge >= 0.3 is 5.69 Å². The van der Waals surface area contributed by atoms with E-state index in [0.717, 1.165) is 12.5 Å². The van der Waals surface area contributed by atoms with Gasteiger partial charge in [-0.15, -0.1) is 0 Å². The van der Waals surface area contributed by atoms with E-state index in [4.69, 9.17) is 0 Å². The second kappa shape index (κ2) is 6.06. The number of nitro groups is 1. The molecular weight excluding hydrogens is 254 g/mol. The smallest absolute Gasteiger partial charge is 0.305 e. The van der Waals surface area contributed by atoms with E-state index in [0.29, 0.717) is 12.6 Å². The zero-order valence-corrected chi connectivity index (χ0v) is 11.3. The van der Waals surface area contributed by atoms with Crippen LogP contribution < -0.4 is 5.32 Å². The van der Waals surface area contributed by atoms with Crippen molar-refractivity contribution < 1.29 is 13.7 Å². The maximum Gasteiger partial charge on any atom is 0.305 e. The number of rotatable bonds is 6. The van der Waals surface area contributed by atoms with E-state index < -0.39 is 22.2 Å². The Labute approximate surface area is 111 Å². The van der Waals surface area contributed by atoms with Gasteiger partial charge in [-0.3, -0.25) is 10.1 Å². The third-order valence-corrected chi connectivity index (χ3v) is 3.19. The van der Waals surface area contributed by atoms with Crippen LogP contribution in [-0.2, 0) is 6.54 Å². The molecule has 106 valence electrons. The maximum absolute atomic E-state index is 13.5. The first-order valence-electron chi connectivity index (χ1n) is 6.10. The van der Waals surface area contributed by atoms with Crippen molar-refractivity contribution in [1.29, 1.82) is 0 Å². The fourth-order valence-corrected chi connectivity index (χ4v) is 1.52. The Kier molecular flexibility index (Phi) is 4.94. The summed E-state index contributed by atoms with van der Waals surface area (Å²) in [4.78, 5) is 9.73. The highest BCUT2D eigenvalue weighted by Crippen LogP contribution is 2.22. The highest BCUT2D eigenvalue weighted by atomic mass is 19.1. The Morgan fingerprint density at radius 2 is 1.95 bits per heavy atom. The summed E-state index contributed by atoms with van der Waals surface area (Å²) in [5.41, 5.74) is -0.546. The van der Waals surface area contributed by atoms with E-state index in [1.807, 2.05) is 6.92 Å². The minimum atomic E-state index is -1.15. The van der Waals surface area contributed by atoms with Crippen molar-refractivity contribution in [3.8, 4) is 0 Å². The first-order chi connectivity index (χ1) is 8.76. The SMILES string of the molecule is CCC(C)(C)CNCc1cc([N+](=O)[O-])c(F)cc1F. The molecular formula is C13H18F2N2O2. The van der Waals surface area contributed by atoms with Crippen LogP contribution in [-0.4, -0.2) is 11.5 Å². The molecule has 0 aromatic heterocycles. The van der Waals surface area contributed by atoms with Crippen LogP contribution in [0.5, 0.6) is 0 Å². The maximum atomic E-state index is 13.5. The van der Waals surface area contributed by atoms with Gasteiger partial charge in [0.05, 0.1) is 4.92 Å². The van der Waals surface area contributed by atoms with Crippen LogP contribution in [0.15, 0.2) is 12.1 Å². The Bertz CT molecular complexity index is 476. The zero-order valence-electron chi connectivity index (χ0n) is 11.3. The van der Waals surface area contributed by atoms with Crippen molar-refractivity contribution >= 4 is 5.69 Å². The molecule has 1 rings (SSSR count). The highest BCUT2D eigenvalue weighted by Gasteiger charge is 2.19. The standard InChI is InChI=1S/C13H18F2N2O2/c1-4-13(2,3)8-16-7-9-5-12(17(18)19)11(15)6-10(9)14/h5-6,16H,4,7-8H2,1-3H3. The summed E-state index contributed by atoms with van der Waals surface area (Å²) in [5, 5.41) is 13.6. The molecule has 0 aliphatic heterocycles. The van der Waals surface area contributed by atoms with E-state index in [2.05, 4.69) is 19.2 Å².